The lowest BCUT2D eigenvalue weighted by molar-refractivity contribution is -0.134. The van der Waals surface area contributed by atoms with Gasteiger partial charge < -0.3 is 4.90 Å². The van der Waals surface area contributed by atoms with E-state index in [4.69, 9.17) is 0 Å². The molecule has 2 aliphatic rings. The number of aryl methyl sites for hydroxylation is 1. The Hall–Kier alpha value is -2.00. The third-order valence-electron chi connectivity index (χ3n) is 5.93. The molecule has 1 atom stereocenters. The summed E-state index contributed by atoms with van der Waals surface area (Å²) in [4.78, 5) is 15.2. The molecule has 2 aliphatic heterocycles. The van der Waals surface area contributed by atoms with Crippen molar-refractivity contribution in [1.29, 1.82) is 0 Å². The minimum atomic E-state index is -3.77. The van der Waals surface area contributed by atoms with Gasteiger partial charge in [0, 0.05) is 26.2 Å². The predicted octanol–water partition coefficient (Wildman–Crippen LogP) is 2.40. The van der Waals surface area contributed by atoms with Crippen LogP contribution in [-0.4, -0.2) is 64.2 Å². The number of hydrogen-bond donors (Lipinski definition) is 0. The highest BCUT2D eigenvalue weighted by atomic mass is 32.2. The van der Waals surface area contributed by atoms with Crippen molar-refractivity contribution in [2.45, 2.75) is 69.4 Å². The van der Waals surface area contributed by atoms with Crippen LogP contribution < -0.4 is 0 Å². The van der Waals surface area contributed by atoms with Crippen LogP contribution in [0, 0.1) is 0 Å². The Kier molecular flexibility index (Phi) is 5.87. The zero-order valence-corrected chi connectivity index (χ0v) is 17.8. The number of amides is 1. The van der Waals surface area contributed by atoms with Crippen LogP contribution in [-0.2, 0) is 21.4 Å². The fourth-order valence-corrected chi connectivity index (χ4v) is 6.07. The smallest absolute Gasteiger partial charge is 0.243 e. The minimum Gasteiger partial charge on any atom is -0.341 e. The summed E-state index contributed by atoms with van der Waals surface area (Å²) in [5.74, 6) is -0.0389. The summed E-state index contributed by atoms with van der Waals surface area (Å²) in [6, 6.07) is 4.36. The molecule has 0 spiro atoms. The molecule has 2 saturated heterocycles. The van der Waals surface area contributed by atoms with Crippen LogP contribution in [0.1, 0.15) is 51.9 Å². The lowest BCUT2D eigenvalue weighted by Crippen LogP contribution is -2.48. The largest absolute Gasteiger partial charge is 0.341 e. The van der Waals surface area contributed by atoms with Crippen LogP contribution in [0.2, 0.25) is 0 Å². The first-order valence-electron chi connectivity index (χ1n) is 10.7. The summed E-state index contributed by atoms with van der Waals surface area (Å²) >= 11 is 0. The second-order valence-corrected chi connectivity index (χ2v) is 9.87. The maximum Gasteiger partial charge on any atom is 0.243 e. The number of fused-ring (bicyclic) bond motifs is 1. The molecule has 1 amide bonds. The fraction of sp³-hybridized carbons (Fsp3) is 0.650. The highest BCUT2D eigenvalue weighted by Gasteiger charge is 2.41. The number of likely N-dealkylation sites (tertiary alicyclic amines) is 1. The van der Waals surface area contributed by atoms with E-state index in [0.717, 1.165) is 57.3 Å². The Labute approximate surface area is 171 Å². The van der Waals surface area contributed by atoms with Crippen LogP contribution in [0.5, 0.6) is 0 Å². The van der Waals surface area contributed by atoms with E-state index in [0.29, 0.717) is 24.9 Å². The van der Waals surface area contributed by atoms with E-state index < -0.39 is 16.1 Å². The lowest BCUT2D eigenvalue weighted by atomic mass is 10.2. The third-order valence-corrected chi connectivity index (χ3v) is 7.84. The number of carbonyl (C=O) groups is 1. The van der Waals surface area contributed by atoms with Gasteiger partial charge in [-0.05, 0) is 50.3 Å². The molecule has 29 heavy (non-hydrogen) atoms. The summed E-state index contributed by atoms with van der Waals surface area (Å²) in [6.45, 7) is 4.64. The van der Waals surface area contributed by atoms with E-state index in [1.165, 1.54) is 4.31 Å². The first-order chi connectivity index (χ1) is 14.0. The molecule has 0 bridgehead atoms. The molecule has 1 aromatic heterocycles. The molecule has 1 unspecified atom stereocenters. The van der Waals surface area contributed by atoms with Crippen molar-refractivity contribution in [3.8, 4) is 0 Å². The number of rotatable bonds is 5. The Bertz CT molecular complexity index is 979. The van der Waals surface area contributed by atoms with Crippen LogP contribution >= 0.6 is 0 Å². The zero-order valence-electron chi connectivity index (χ0n) is 17.0. The molecular formula is C20H29N5O3S. The van der Waals surface area contributed by atoms with Crippen LogP contribution in [0.3, 0.4) is 0 Å². The molecular weight excluding hydrogens is 390 g/mol. The van der Waals surface area contributed by atoms with E-state index in [2.05, 4.69) is 17.2 Å². The van der Waals surface area contributed by atoms with Gasteiger partial charge in [-0.15, -0.1) is 5.10 Å². The van der Waals surface area contributed by atoms with Crippen molar-refractivity contribution in [3.63, 3.8) is 0 Å². The Morgan fingerprint density at radius 2 is 1.86 bits per heavy atom. The quantitative estimate of drug-likeness (QED) is 0.742. The first-order valence-corrected chi connectivity index (χ1v) is 12.1. The van der Waals surface area contributed by atoms with Gasteiger partial charge in [0.1, 0.15) is 11.6 Å². The summed E-state index contributed by atoms with van der Waals surface area (Å²) in [5, 5.41) is 8.25. The number of aromatic nitrogens is 3. The van der Waals surface area contributed by atoms with E-state index >= 15 is 0 Å². The molecule has 2 fully saturated rings. The first kappa shape index (κ1) is 20.3. The second-order valence-electron chi connectivity index (χ2n) is 7.98. The number of carbonyl (C=O) groups excluding carboxylic acids is 1. The summed E-state index contributed by atoms with van der Waals surface area (Å²) in [7, 11) is -3.77. The SMILES string of the molecule is CCCn1nnc2cc(S(=O)(=O)N3CCCC3C(=O)N3CCCCCC3)ccc21. The molecule has 8 nitrogen and oxygen atoms in total. The monoisotopic (exact) mass is 419 g/mol. The second kappa shape index (κ2) is 8.39. The molecule has 9 heteroatoms. The number of hydrogen-bond acceptors (Lipinski definition) is 5. The maximum absolute atomic E-state index is 13.4. The molecule has 0 radical (unpaired) electrons. The van der Waals surface area contributed by atoms with Crippen molar-refractivity contribution in [2.75, 3.05) is 19.6 Å². The lowest BCUT2D eigenvalue weighted by Gasteiger charge is -2.29. The molecule has 0 saturated carbocycles. The number of nitrogens with zero attached hydrogens (tertiary/aromatic N) is 5. The average molecular weight is 420 g/mol. The average Bonchev–Trinajstić information content (AvgIpc) is 3.28. The van der Waals surface area contributed by atoms with Crippen molar-refractivity contribution in [1.82, 2.24) is 24.2 Å². The predicted molar refractivity (Wildman–Crippen MR) is 110 cm³/mol. The van der Waals surface area contributed by atoms with Crippen LogP contribution in [0.25, 0.3) is 11.0 Å². The molecule has 3 heterocycles. The molecule has 0 aliphatic carbocycles. The topological polar surface area (TPSA) is 88.4 Å². The minimum absolute atomic E-state index is 0.0389. The molecule has 0 N–H and O–H groups in total. The van der Waals surface area contributed by atoms with Crippen molar-refractivity contribution in [3.05, 3.63) is 18.2 Å². The van der Waals surface area contributed by atoms with E-state index in [1.54, 1.807) is 22.9 Å². The van der Waals surface area contributed by atoms with Gasteiger partial charge in [-0.25, -0.2) is 13.1 Å². The van der Waals surface area contributed by atoms with Gasteiger partial charge in [-0.1, -0.05) is 25.0 Å². The normalized spacial score (nSPS) is 21.6. The van der Waals surface area contributed by atoms with E-state index in [1.807, 2.05) is 4.90 Å². The number of benzene rings is 1. The summed E-state index contributed by atoms with van der Waals surface area (Å²) < 4.78 is 29.9. The van der Waals surface area contributed by atoms with Crippen molar-refractivity contribution < 1.29 is 13.2 Å². The molecule has 2 aromatic rings. The highest BCUT2D eigenvalue weighted by molar-refractivity contribution is 7.89. The highest BCUT2D eigenvalue weighted by Crippen LogP contribution is 2.29. The third kappa shape index (κ3) is 3.90. The zero-order chi connectivity index (χ0) is 20.4. The van der Waals surface area contributed by atoms with Gasteiger partial charge in [0.05, 0.1) is 10.4 Å². The Morgan fingerprint density at radius 1 is 1.10 bits per heavy atom. The summed E-state index contributed by atoms with van der Waals surface area (Å²) in [5.41, 5.74) is 1.39. The summed E-state index contributed by atoms with van der Waals surface area (Å²) in [6.07, 6.45) is 6.48. The van der Waals surface area contributed by atoms with Crippen LogP contribution in [0.15, 0.2) is 23.1 Å². The standard InChI is InChI=1S/C20H29N5O3S/c1-2-11-24-18-10-9-16(15-17(18)21-22-24)29(27,28)25-14-7-8-19(25)20(26)23-12-5-3-4-6-13-23/h9-10,15,19H,2-8,11-14H2,1H3. The van der Waals surface area contributed by atoms with E-state index in [9.17, 15) is 13.2 Å². The molecule has 4 rings (SSSR count). The number of sulfonamides is 1. The Balaban J connectivity index is 1.60. The van der Waals surface area contributed by atoms with Crippen molar-refractivity contribution in [2.24, 2.45) is 0 Å². The van der Waals surface area contributed by atoms with Crippen molar-refractivity contribution >= 4 is 27.0 Å². The van der Waals surface area contributed by atoms with Gasteiger partial charge in [0.2, 0.25) is 15.9 Å². The van der Waals surface area contributed by atoms with Crippen LogP contribution in [0.4, 0.5) is 0 Å². The van der Waals surface area contributed by atoms with Gasteiger partial charge in [0.25, 0.3) is 0 Å². The van der Waals surface area contributed by atoms with E-state index in [-0.39, 0.29) is 10.8 Å². The maximum atomic E-state index is 13.4. The van der Waals surface area contributed by atoms with Gasteiger partial charge >= 0.3 is 0 Å². The van der Waals surface area contributed by atoms with Gasteiger partial charge in [0.15, 0.2) is 0 Å². The molecule has 158 valence electrons. The van der Waals surface area contributed by atoms with Gasteiger partial charge in [-0.2, -0.15) is 4.31 Å². The fourth-order valence-electron chi connectivity index (χ4n) is 4.40. The Morgan fingerprint density at radius 3 is 2.59 bits per heavy atom. The van der Waals surface area contributed by atoms with Gasteiger partial charge in [-0.3, -0.25) is 4.79 Å². The molecule has 1 aromatic carbocycles.